The molecule has 0 aromatic heterocycles. The van der Waals surface area contributed by atoms with Crippen LogP contribution in [0.25, 0.3) is 0 Å². The standard InChI is InChI=1S/C22H32O2/c1-4-10-22(24)13-9-19-17-6-5-15-14-16(23)7-11-20(15,2)18(17)8-12-21(19,22)3/h4,14,17-19,24H,1,5-13H2,2-3H3/t17-,18+,19+,20+,21+,22-/m0/s1. The van der Waals surface area contributed by atoms with Crippen LogP contribution >= 0.6 is 0 Å². The first-order valence-electron chi connectivity index (χ1n) is 9.91. The second-order valence-corrected chi connectivity index (χ2v) is 9.49. The Morgan fingerprint density at radius 1 is 1.17 bits per heavy atom. The Morgan fingerprint density at radius 2 is 1.92 bits per heavy atom. The molecule has 0 saturated heterocycles. The highest BCUT2D eigenvalue weighted by Crippen LogP contribution is 2.68. The zero-order chi connectivity index (χ0) is 17.2. The number of aliphatic hydroxyl groups is 1. The van der Waals surface area contributed by atoms with Gasteiger partial charge in [0.25, 0.3) is 0 Å². The first kappa shape index (κ1) is 16.6. The van der Waals surface area contributed by atoms with Gasteiger partial charge < -0.3 is 5.11 Å². The van der Waals surface area contributed by atoms with Gasteiger partial charge in [-0.2, -0.15) is 0 Å². The smallest absolute Gasteiger partial charge is 0.155 e. The van der Waals surface area contributed by atoms with E-state index in [2.05, 4.69) is 20.4 Å². The van der Waals surface area contributed by atoms with E-state index < -0.39 is 5.60 Å². The Balaban J connectivity index is 1.67. The lowest BCUT2D eigenvalue weighted by Gasteiger charge is -2.59. The lowest BCUT2D eigenvalue weighted by molar-refractivity contribution is -0.128. The van der Waals surface area contributed by atoms with Crippen molar-refractivity contribution < 1.29 is 9.90 Å². The van der Waals surface area contributed by atoms with E-state index in [1.807, 2.05) is 12.2 Å². The predicted molar refractivity (Wildman–Crippen MR) is 96.5 cm³/mol. The molecule has 0 aromatic rings. The van der Waals surface area contributed by atoms with E-state index in [0.29, 0.717) is 17.6 Å². The van der Waals surface area contributed by atoms with Crippen molar-refractivity contribution in [2.45, 2.75) is 77.2 Å². The highest BCUT2D eigenvalue weighted by molar-refractivity contribution is 5.91. The Bertz CT molecular complexity index is 605. The molecule has 0 heterocycles. The molecule has 2 heteroatoms. The number of carbonyl (C=O) groups excluding carboxylic acids is 1. The van der Waals surface area contributed by atoms with Crippen molar-refractivity contribution in [2.75, 3.05) is 0 Å². The number of allylic oxidation sites excluding steroid dienone is 1. The first-order chi connectivity index (χ1) is 11.3. The number of hydrogen-bond acceptors (Lipinski definition) is 2. The molecule has 0 unspecified atom stereocenters. The molecule has 0 aromatic carbocycles. The van der Waals surface area contributed by atoms with Crippen LogP contribution in [0.2, 0.25) is 0 Å². The maximum atomic E-state index is 11.9. The highest BCUT2D eigenvalue weighted by atomic mass is 16.3. The zero-order valence-corrected chi connectivity index (χ0v) is 15.3. The van der Waals surface area contributed by atoms with Gasteiger partial charge in [-0.15, -0.1) is 6.58 Å². The van der Waals surface area contributed by atoms with Gasteiger partial charge in [0.1, 0.15) is 0 Å². The molecule has 0 bridgehead atoms. The minimum Gasteiger partial charge on any atom is -0.389 e. The molecule has 1 N–H and O–H groups in total. The van der Waals surface area contributed by atoms with Crippen LogP contribution in [0, 0.1) is 28.6 Å². The maximum absolute atomic E-state index is 11.9. The van der Waals surface area contributed by atoms with Gasteiger partial charge >= 0.3 is 0 Å². The average Bonchev–Trinajstić information content (AvgIpc) is 2.80. The van der Waals surface area contributed by atoms with Crippen molar-refractivity contribution in [3.05, 3.63) is 24.3 Å². The molecule has 6 atom stereocenters. The fraction of sp³-hybridized carbons (Fsp3) is 0.773. The SMILES string of the molecule is C=CC[C@]1(O)CC[C@@H]2[C@H]3CCC4=CC(=O)CC[C@@]4(C)[C@@H]3CC[C@]21C. The normalized spacial score (nSPS) is 50.5. The molecule has 0 radical (unpaired) electrons. The minimum absolute atomic E-state index is 0.0461. The van der Waals surface area contributed by atoms with Crippen LogP contribution in [0.15, 0.2) is 24.3 Å². The Labute approximate surface area is 146 Å². The van der Waals surface area contributed by atoms with E-state index in [-0.39, 0.29) is 10.8 Å². The molecule has 3 fully saturated rings. The van der Waals surface area contributed by atoms with Crippen molar-refractivity contribution in [3.8, 4) is 0 Å². The van der Waals surface area contributed by atoms with Crippen molar-refractivity contribution in [1.82, 2.24) is 0 Å². The Morgan fingerprint density at radius 3 is 2.67 bits per heavy atom. The first-order valence-corrected chi connectivity index (χ1v) is 9.91. The summed E-state index contributed by atoms with van der Waals surface area (Å²) in [6.07, 6.45) is 13.1. The summed E-state index contributed by atoms with van der Waals surface area (Å²) >= 11 is 0. The van der Waals surface area contributed by atoms with Crippen molar-refractivity contribution in [1.29, 1.82) is 0 Å². The van der Waals surface area contributed by atoms with Crippen LogP contribution in [-0.2, 0) is 4.79 Å². The Hall–Kier alpha value is -0.890. The van der Waals surface area contributed by atoms with E-state index in [0.717, 1.165) is 50.9 Å². The van der Waals surface area contributed by atoms with E-state index in [4.69, 9.17) is 0 Å². The Kier molecular flexibility index (Phi) is 3.66. The van der Waals surface area contributed by atoms with Crippen LogP contribution in [0.3, 0.4) is 0 Å². The molecule has 2 nitrogen and oxygen atoms in total. The van der Waals surface area contributed by atoms with Crippen molar-refractivity contribution >= 4 is 5.78 Å². The summed E-state index contributed by atoms with van der Waals surface area (Å²) in [5.74, 6) is 2.40. The van der Waals surface area contributed by atoms with Gasteiger partial charge in [0.05, 0.1) is 5.60 Å². The summed E-state index contributed by atoms with van der Waals surface area (Å²) in [4.78, 5) is 11.9. The molecule has 4 aliphatic carbocycles. The number of fused-ring (bicyclic) bond motifs is 5. The van der Waals surface area contributed by atoms with Crippen LogP contribution in [0.5, 0.6) is 0 Å². The number of rotatable bonds is 2. The van der Waals surface area contributed by atoms with E-state index in [1.54, 1.807) is 0 Å². The molecule has 0 amide bonds. The number of carbonyl (C=O) groups is 1. The van der Waals surface area contributed by atoms with Gasteiger partial charge in [0.15, 0.2) is 5.78 Å². The van der Waals surface area contributed by atoms with E-state index >= 15 is 0 Å². The summed E-state index contributed by atoms with van der Waals surface area (Å²) in [5.41, 5.74) is 1.16. The van der Waals surface area contributed by atoms with Gasteiger partial charge in [-0.1, -0.05) is 25.5 Å². The molecule has 4 rings (SSSR count). The fourth-order valence-corrected chi connectivity index (χ4v) is 7.24. The summed E-state index contributed by atoms with van der Waals surface area (Å²) in [6, 6.07) is 0. The maximum Gasteiger partial charge on any atom is 0.155 e. The largest absolute Gasteiger partial charge is 0.389 e. The second-order valence-electron chi connectivity index (χ2n) is 9.49. The van der Waals surface area contributed by atoms with Gasteiger partial charge in [0.2, 0.25) is 0 Å². The predicted octanol–water partition coefficient (Wildman–Crippen LogP) is 4.83. The zero-order valence-electron chi connectivity index (χ0n) is 15.3. The lowest BCUT2D eigenvalue weighted by atomic mass is 9.46. The van der Waals surface area contributed by atoms with Crippen LogP contribution in [-0.4, -0.2) is 16.5 Å². The minimum atomic E-state index is -0.552. The quantitative estimate of drug-likeness (QED) is 0.738. The molecule has 3 saturated carbocycles. The third kappa shape index (κ3) is 2.01. The van der Waals surface area contributed by atoms with Crippen molar-refractivity contribution in [2.24, 2.45) is 28.6 Å². The van der Waals surface area contributed by atoms with Crippen molar-refractivity contribution in [3.63, 3.8) is 0 Å². The van der Waals surface area contributed by atoms with Gasteiger partial charge in [0, 0.05) is 6.42 Å². The molecular formula is C22H32O2. The van der Waals surface area contributed by atoms with Crippen LogP contribution in [0.1, 0.15) is 71.6 Å². The molecule has 0 spiro atoms. The van der Waals surface area contributed by atoms with Crippen LogP contribution in [0.4, 0.5) is 0 Å². The third-order valence-electron chi connectivity index (χ3n) is 8.77. The third-order valence-corrected chi connectivity index (χ3v) is 8.77. The topological polar surface area (TPSA) is 37.3 Å². The summed E-state index contributed by atoms with van der Waals surface area (Å²) in [6.45, 7) is 8.67. The fourth-order valence-electron chi connectivity index (χ4n) is 7.24. The molecule has 0 aliphatic heterocycles. The average molecular weight is 328 g/mol. The van der Waals surface area contributed by atoms with E-state index in [9.17, 15) is 9.90 Å². The summed E-state index contributed by atoms with van der Waals surface area (Å²) in [7, 11) is 0. The lowest BCUT2D eigenvalue weighted by Crippen LogP contribution is -2.54. The molecular weight excluding hydrogens is 296 g/mol. The number of hydrogen-bond donors (Lipinski definition) is 1. The summed E-state index contributed by atoms with van der Waals surface area (Å²) in [5, 5.41) is 11.3. The summed E-state index contributed by atoms with van der Waals surface area (Å²) < 4.78 is 0. The van der Waals surface area contributed by atoms with E-state index in [1.165, 1.54) is 18.4 Å². The molecule has 24 heavy (non-hydrogen) atoms. The molecule has 4 aliphatic rings. The van der Waals surface area contributed by atoms with Crippen LogP contribution < -0.4 is 0 Å². The van der Waals surface area contributed by atoms with Gasteiger partial charge in [-0.25, -0.2) is 0 Å². The molecule has 132 valence electrons. The highest BCUT2D eigenvalue weighted by Gasteiger charge is 2.63. The monoisotopic (exact) mass is 328 g/mol. The van der Waals surface area contributed by atoms with Gasteiger partial charge in [-0.3, -0.25) is 4.79 Å². The number of ketones is 1. The van der Waals surface area contributed by atoms with Gasteiger partial charge in [-0.05, 0) is 86.0 Å². The second kappa shape index (κ2) is 5.30.